The summed E-state index contributed by atoms with van der Waals surface area (Å²) < 4.78 is 37.1. The number of rotatable bonds is 2. The van der Waals surface area contributed by atoms with Crippen molar-refractivity contribution in [3.05, 3.63) is 36.9 Å². The molecule has 5 nitrogen and oxygen atoms in total. The van der Waals surface area contributed by atoms with Gasteiger partial charge >= 0.3 is 6.18 Å². The van der Waals surface area contributed by atoms with E-state index in [1.165, 1.54) is 22.6 Å². The predicted molar refractivity (Wildman–Crippen MR) is 59.3 cm³/mol. The van der Waals surface area contributed by atoms with Crippen molar-refractivity contribution in [2.24, 2.45) is 5.73 Å². The molecule has 1 amide bonds. The summed E-state index contributed by atoms with van der Waals surface area (Å²) in [4.78, 5) is 20.5. The van der Waals surface area contributed by atoms with Gasteiger partial charge < -0.3 is 5.73 Å². The van der Waals surface area contributed by atoms with Gasteiger partial charge in [-0.25, -0.2) is 0 Å². The van der Waals surface area contributed by atoms with Crippen LogP contribution in [0, 0.1) is 13.7 Å². The third kappa shape index (κ3) is 2.84. The van der Waals surface area contributed by atoms with Crippen molar-refractivity contribution in [1.29, 1.82) is 0 Å². The van der Waals surface area contributed by atoms with Crippen LogP contribution in [-0.2, 0) is 6.18 Å². The number of amides is 1. The van der Waals surface area contributed by atoms with E-state index >= 15 is 0 Å². The summed E-state index contributed by atoms with van der Waals surface area (Å²) >= 11 is 1.31. The van der Waals surface area contributed by atoms with Crippen molar-refractivity contribution in [3.8, 4) is 0 Å². The topological polar surface area (TPSA) is 86.2 Å². The van der Waals surface area contributed by atoms with Gasteiger partial charge in [0.25, 0.3) is 11.6 Å². The highest BCUT2D eigenvalue weighted by Gasteiger charge is 2.36. The van der Waals surface area contributed by atoms with Gasteiger partial charge in [-0.3, -0.25) is 14.9 Å². The number of carbonyl (C=O) groups is 1. The summed E-state index contributed by atoms with van der Waals surface area (Å²) in [6.07, 6.45) is -4.70. The number of benzene rings is 1. The number of nitrogens with two attached hydrogens (primary N) is 1. The van der Waals surface area contributed by atoms with E-state index in [0.29, 0.717) is 12.1 Å². The molecule has 0 saturated heterocycles. The Kier molecular flexibility index (Phi) is 3.59. The second kappa shape index (κ2) is 4.47. The number of primary amides is 1. The van der Waals surface area contributed by atoms with E-state index < -0.39 is 33.8 Å². The fourth-order valence-electron chi connectivity index (χ4n) is 1.13. The van der Waals surface area contributed by atoms with Gasteiger partial charge in [0.1, 0.15) is 5.56 Å². The van der Waals surface area contributed by atoms with Crippen LogP contribution in [0.2, 0.25) is 0 Å². The van der Waals surface area contributed by atoms with Crippen molar-refractivity contribution in [2.45, 2.75) is 6.18 Å². The quantitative estimate of drug-likeness (QED) is 0.499. The number of nitro groups is 1. The molecule has 0 aromatic heterocycles. The van der Waals surface area contributed by atoms with Gasteiger partial charge in [0.15, 0.2) is 0 Å². The number of carbonyl (C=O) groups excluding carboxylic acids is 1. The second-order valence-corrected chi connectivity index (χ2v) is 4.13. The summed E-state index contributed by atoms with van der Waals surface area (Å²) in [5.74, 6) is -1.28. The fraction of sp³-hybridized carbons (Fsp3) is 0.125. The Morgan fingerprint density at radius 1 is 1.41 bits per heavy atom. The van der Waals surface area contributed by atoms with Crippen molar-refractivity contribution in [3.63, 3.8) is 0 Å². The van der Waals surface area contributed by atoms with Crippen LogP contribution in [0.5, 0.6) is 0 Å². The van der Waals surface area contributed by atoms with E-state index in [9.17, 15) is 28.1 Å². The van der Waals surface area contributed by atoms with Gasteiger partial charge in [-0.1, -0.05) is 0 Å². The van der Waals surface area contributed by atoms with Crippen LogP contribution in [0.4, 0.5) is 18.9 Å². The molecule has 0 aliphatic rings. The predicted octanol–water partition coefficient (Wildman–Crippen LogP) is 2.32. The number of nitrogens with zero attached hydrogens (tertiary/aromatic N) is 1. The molecule has 0 spiro atoms. The summed E-state index contributed by atoms with van der Waals surface area (Å²) in [6, 6.07) is 1.06. The van der Waals surface area contributed by atoms with Gasteiger partial charge in [0, 0.05) is 9.64 Å². The first kappa shape index (κ1) is 13.7. The molecule has 2 N–H and O–H groups in total. The fourth-order valence-corrected chi connectivity index (χ4v) is 1.88. The maximum absolute atomic E-state index is 12.5. The first-order valence-corrected chi connectivity index (χ1v) is 5.07. The molecule has 0 aliphatic heterocycles. The van der Waals surface area contributed by atoms with E-state index in [1.807, 2.05) is 0 Å². The number of hydrogen-bond donors (Lipinski definition) is 1. The molecular formula is C8H4F3IN2O3. The third-order valence-electron chi connectivity index (χ3n) is 1.85. The van der Waals surface area contributed by atoms with Crippen LogP contribution in [0.15, 0.2) is 12.1 Å². The number of alkyl halides is 3. The lowest BCUT2D eigenvalue weighted by atomic mass is 10.1. The minimum atomic E-state index is -4.70. The van der Waals surface area contributed by atoms with E-state index in [2.05, 4.69) is 0 Å². The maximum Gasteiger partial charge on any atom is 0.417 e. The molecule has 1 aromatic carbocycles. The Morgan fingerprint density at radius 2 is 1.94 bits per heavy atom. The van der Waals surface area contributed by atoms with Gasteiger partial charge in [0.05, 0.1) is 10.5 Å². The third-order valence-corrected chi connectivity index (χ3v) is 2.75. The van der Waals surface area contributed by atoms with Crippen LogP contribution in [0.1, 0.15) is 15.9 Å². The molecule has 0 saturated carbocycles. The van der Waals surface area contributed by atoms with E-state index in [0.717, 1.165) is 0 Å². The van der Waals surface area contributed by atoms with Gasteiger partial charge in [-0.15, -0.1) is 0 Å². The summed E-state index contributed by atoms with van der Waals surface area (Å²) in [7, 11) is 0. The van der Waals surface area contributed by atoms with Gasteiger partial charge in [-0.05, 0) is 28.7 Å². The Bertz CT molecular complexity index is 502. The van der Waals surface area contributed by atoms with Crippen molar-refractivity contribution < 1.29 is 22.9 Å². The molecule has 0 fully saturated rings. The lowest BCUT2D eigenvalue weighted by Gasteiger charge is -2.10. The SMILES string of the molecule is NC(=O)c1cc(C(F)(F)F)c(I)cc1[N+](=O)[O-]. The van der Waals surface area contributed by atoms with Crippen LogP contribution >= 0.6 is 22.6 Å². The van der Waals surface area contributed by atoms with Crippen LogP contribution in [0.25, 0.3) is 0 Å². The van der Waals surface area contributed by atoms with Gasteiger partial charge in [-0.2, -0.15) is 13.2 Å². The molecule has 0 unspecified atom stereocenters. The largest absolute Gasteiger partial charge is 0.417 e. The Balaban J connectivity index is 3.57. The lowest BCUT2D eigenvalue weighted by molar-refractivity contribution is -0.385. The average Bonchev–Trinajstić information content (AvgIpc) is 2.14. The number of nitro benzene ring substituents is 1. The molecule has 92 valence electrons. The smallest absolute Gasteiger partial charge is 0.365 e. The molecule has 0 atom stereocenters. The zero-order chi connectivity index (χ0) is 13.4. The Morgan fingerprint density at radius 3 is 2.29 bits per heavy atom. The van der Waals surface area contributed by atoms with E-state index in [-0.39, 0.29) is 3.57 Å². The molecule has 9 heteroatoms. The summed E-state index contributed by atoms with van der Waals surface area (Å²) in [6.45, 7) is 0. The maximum atomic E-state index is 12.5. The van der Waals surface area contributed by atoms with Gasteiger partial charge in [0.2, 0.25) is 0 Å². The van der Waals surface area contributed by atoms with E-state index in [1.54, 1.807) is 0 Å². The second-order valence-electron chi connectivity index (χ2n) is 2.97. The molecule has 1 aromatic rings. The molecule has 1 rings (SSSR count). The summed E-state index contributed by atoms with van der Waals surface area (Å²) in [5.41, 5.74) is 2.17. The van der Waals surface area contributed by atoms with Crippen LogP contribution in [0.3, 0.4) is 0 Å². The molecule has 0 bridgehead atoms. The normalized spacial score (nSPS) is 11.3. The summed E-state index contributed by atoms with van der Waals surface area (Å²) in [5, 5.41) is 10.6. The average molecular weight is 360 g/mol. The highest BCUT2D eigenvalue weighted by molar-refractivity contribution is 14.1. The van der Waals surface area contributed by atoms with Crippen LogP contribution in [-0.4, -0.2) is 10.8 Å². The first-order chi connectivity index (χ1) is 7.64. The highest BCUT2D eigenvalue weighted by Crippen LogP contribution is 2.36. The molecule has 17 heavy (non-hydrogen) atoms. The molecular weight excluding hydrogens is 356 g/mol. The minimum Gasteiger partial charge on any atom is -0.365 e. The number of hydrogen-bond acceptors (Lipinski definition) is 3. The Hall–Kier alpha value is -1.39. The van der Waals surface area contributed by atoms with E-state index in [4.69, 9.17) is 5.73 Å². The molecule has 0 aliphatic carbocycles. The lowest BCUT2D eigenvalue weighted by Crippen LogP contribution is -2.17. The zero-order valence-corrected chi connectivity index (χ0v) is 10.1. The highest BCUT2D eigenvalue weighted by atomic mass is 127. The first-order valence-electron chi connectivity index (χ1n) is 3.99. The number of halogens is 4. The monoisotopic (exact) mass is 360 g/mol. The Labute approximate surface area is 106 Å². The zero-order valence-electron chi connectivity index (χ0n) is 7.92. The standard InChI is InChI=1S/C8H4F3IN2O3/c9-8(10,11)4-1-3(7(13)15)6(14(16)17)2-5(4)12/h1-2H,(H2,13,15). The molecule has 0 radical (unpaired) electrons. The minimum absolute atomic E-state index is 0.369. The van der Waals surface area contributed by atoms with Crippen molar-refractivity contribution >= 4 is 34.2 Å². The van der Waals surface area contributed by atoms with Crippen molar-refractivity contribution in [2.75, 3.05) is 0 Å². The molecule has 0 heterocycles. The van der Waals surface area contributed by atoms with Crippen LogP contribution < -0.4 is 5.73 Å². The van der Waals surface area contributed by atoms with Crippen molar-refractivity contribution in [1.82, 2.24) is 0 Å².